The molecular weight excluding hydrogens is 310 g/mol. The number of sulfonamides is 1. The predicted molar refractivity (Wildman–Crippen MR) is 88.5 cm³/mol. The molecule has 0 aliphatic heterocycles. The lowest BCUT2D eigenvalue weighted by molar-refractivity contribution is 0.554. The molecule has 0 spiro atoms. The fraction of sp³-hybridized carbons (Fsp3) is 0.111. The summed E-state index contributed by atoms with van der Waals surface area (Å²) in [5, 5.41) is 0. The lowest BCUT2D eigenvalue weighted by Crippen LogP contribution is -2.29. The van der Waals surface area contributed by atoms with Gasteiger partial charge in [0.2, 0.25) is 10.0 Å². The second-order valence-corrected chi connectivity index (χ2v) is 7.05. The van der Waals surface area contributed by atoms with Gasteiger partial charge in [0.25, 0.3) is 0 Å². The third-order valence-electron chi connectivity index (χ3n) is 3.61. The highest BCUT2D eigenvalue weighted by molar-refractivity contribution is 7.89. The van der Waals surface area contributed by atoms with Crippen LogP contribution in [0.25, 0.3) is 0 Å². The van der Waals surface area contributed by atoms with Gasteiger partial charge in [-0.1, -0.05) is 48.0 Å². The fourth-order valence-electron chi connectivity index (χ4n) is 2.35. The maximum atomic E-state index is 12.7. The first-order chi connectivity index (χ1) is 11.1. The fourth-order valence-corrected chi connectivity index (χ4v) is 3.57. The average Bonchev–Trinajstić information content (AvgIpc) is 3.08. The van der Waals surface area contributed by atoms with Gasteiger partial charge in [-0.2, -0.15) is 4.72 Å². The molecule has 0 amide bonds. The minimum Gasteiger partial charge on any atom is -0.472 e. The number of furan rings is 1. The van der Waals surface area contributed by atoms with Crippen molar-refractivity contribution in [3.8, 4) is 0 Å². The van der Waals surface area contributed by atoms with Crippen molar-refractivity contribution < 1.29 is 12.8 Å². The summed E-state index contributed by atoms with van der Waals surface area (Å²) in [5.74, 6) is 0. The van der Waals surface area contributed by atoms with Crippen molar-refractivity contribution in [2.75, 3.05) is 0 Å². The number of aryl methyl sites for hydroxylation is 1. The smallest absolute Gasteiger partial charge is 0.241 e. The van der Waals surface area contributed by atoms with Crippen LogP contribution in [-0.2, 0) is 10.0 Å². The molecule has 0 aliphatic carbocycles. The third kappa shape index (κ3) is 3.52. The molecule has 5 heteroatoms. The molecule has 0 radical (unpaired) electrons. The summed E-state index contributed by atoms with van der Waals surface area (Å²) in [5.41, 5.74) is 2.62. The van der Waals surface area contributed by atoms with Crippen LogP contribution in [-0.4, -0.2) is 8.42 Å². The highest BCUT2D eigenvalue weighted by Crippen LogP contribution is 2.25. The van der Waals surface area contributed by atoms with Crippen molar-refractivity contribution in [2.24, 2.45) is 0 Å². The van der Waals surface area contributed by atoms with E-state index in [2.05, 4.69) is 4.72 Å². The Labute approximate surface area is 135 Å². The lowest BCUT2D eigenvalue weighted by Gasteiger charge is -2.18. The minimum atomic E-state index is -3.64. The quantitative estimate of drug-likeness (QED) is 0.778. The lowest BCUT2D eigenvalue weighted by atomic mass is 10.0. The molecule has 118 valence electrons. The molecule has 1 N–H and O–H groups in total. The Morgan fingerprint density at radius 2 is 1.61 bits per heavy atom. The molecule has 4 nitrogen and oxygen atoms in total. The van der Waals surface area contributed by atoms with Gasteiger partial charge in [-0.25, -0.2) is 8.42 Å². The van der Waals surface area contributed by atoms with Crippen molar-refractivity contribution in [2.45, 2.75) is 17.9 Å². The largest absolute Gasteiger partial charge is 0.472 e. The van der Waals surface area contributed by atoms with Crippen LogP contribution in [0.1, 0.15) is 22.7 Å². The van der Waals surface area contributed by atoms with Gasteiger partial charge in [-0.15, -0.1) is 0 Å². The van der Waals surface area contributed by atoms with Gasteiger partial charge in [0, 0.05) is 5.56 Å². The summed E-state index contributed by atoms with van der Waals surface area (Å²) in [7, 11) is -3.64. The van der Waals surface area contributed by atoms with Crippen molar-refractivity contribution in [1.29, 1.82) is 0 Å². The van der Waals surface area contributed by atoms with Crippen LogP contribution in [0.2, 0.25) is 0 Å². The van der Waals surface area contributed by atoms with Crippen molar-refractivity contribution in [3.05, 3.63) is 89.9 Å². The van der Waals surface area contributed by atoms with Crippen LogP contribution in [0.15, 0.2) is 82.5 Å². The average molecular weight is 327 g/mol. The first kappa shape index (κ1) is 15.5. The van der Waals surface area contributed by atoms with Gasteiger partial charge in [0.15, 0.2) is 0 Å². The van der Waals surface area contributed by atoms with E-state index in [1.807, 2.05) is 37.3 Å². The van der Waals surface area contributed by atoms with Gasteiger partial charge in [0.1, 0.15) is 0 Å². The number of rotatable bonds is 5. The Morgan fingerprint density at radius 3 is 2.22 bits per heavy atom. The monoisotopic (exact) mass is 327 g/mol. The molecule has 3 aromatic rings. The number of hydrogen-bond donors (Lipinski definition) is 1. The van der Waals surface area contributed by atoms with E-state index in [0.717, 1.165) is 16.7 Å². The van der Waals surface area contributed by atoms with E-state index in [0.29, 0.717) is 0 Å². The van der Waals surface area contributed by atoms with E-state index < -0.39 is 16.1 Å². The van der Waals surface area contributed by atoms with Gasteiger partial charge in [-0.3, -0.25) is 0 Å². The molecule has 23 heavy (non-hydrogen) atoms. The zero-order chi connectivity index (χ0) is 16.3. The molecule has 0 saturated carbocycles. The zero-order valence-electron chi connectivity index (χ0n) is 12.6. The Morgan fingerprint density at radius 1 is 0.913 bits per heavy atom. The minimum absolute atomic E-state index is 0.243. The van der Waals surface area contributed by atoms with Crippen LogP contribution in [0.4, 0.5) is 0 Å². The van der Waals surface area contributed by atoms with Crippen LogP contribution < -0.4 is 4.72 Å². The van der Waals surface area contributed by atoms with Crippen LogP contribution in [0, 0.1) is 6.92 Å². The predicted octanol–water partition coefficient (Wildman–Crippen LogP) is 3.66. The van der Waals surface area contributed by atoms with Crippen LogP contribution in [0.5, 0.6) is 0 Å². The van der Waals surface area contributed by atoms with E-state index in [9.17, 15) is 8.42 Å². The molecule has 3 rings (SSSR count). The Bertz CT molecular complexity index is 854. The Hall–Kier alpha value is -2.37. The summed E-state index contributed by atoms with van der Waals surface area (Å²) in [4.78, 5) is 0.243. The van der Waals surface area contributed by atoms with Crippen LogP contribution in [0.3, 0.4) is 0 Å². The summed E-state index contributed by atoms with van der Waals surface area (Å²) < 4.78 is 33.2. The second-order valence-electron chi connectivity index (χ2n) is 5.33. The maximum Gasteiger partial charge on any atom is 0.241 e. The SMILES string of the molecule is Cc1ccc(S(=O)(=O)NC(c2ccccc2)c2ccoc2)cc1. The van der Waals surface area contributed by atoms with Crippen molar-refractivity contribution in [1.82, 2.24) is 4.72 Å². The summed E-state index contributed by atoms with van der Waals surface area (Å²) in [6.07, 6.45) is 3.08. The summed E-state index contributed by atoms with van der Waals surface area (Å²) in [6.45, 7) is 1.92. The molecule has 1 heterocycles. The number of hydrogen-bond acceptors (Lipinski definition) is 3. The maximum absolute atomic E-state index is 12.7. The Balaban J connectivity index is 1.97. The molecule has 0 fully saturated rings. The molecule has 1 aromatic heterocycles. The molecule has 0 aliphatic rings. The molecule has 0 saturated heterocycles. The summed E-state index contributed by atoms with van der Waals surface area (Å²) in [6, 6.07) is 17.5. The first-order valence-corrected chi connectivity index (χ1v) is 8.70. The number of benzene rings is 2. The van der Waals surface area contributed by atoms with Crippen molar-refractivity contribution in [3.63, 3.8) is 0 Å². The van der Waals surface area contributed by atoms with Gasteiger partial charge in [-0.05, 0) is 30.7 Å². The second kappa shape index (κ2) is 6.40. The number of nitrogens with one attached hydrogen (secondary N) is 1. The van der Waals surface area contributed by atoms with Gasteiger partial charge in [0.05, 0.1) is 23.5 Å². The first-order valence-electron chi connectivity index (χ1n) is 7.22. The van der Waals surface area contributed by atoms with E-state index in [-0.39, 0.29) is 4.90 Å². The van der Waals surface area contributed by atoms with E-state index in [4.69, 9.17) is 4.42 Å². The normalized spacial score (nSPS) is 12.9. The standard InChI is InChI=1S/C18H17NO3S/c1-14-7-9-17(10-8-14)23(20,21)19-18(16-11-12-22-13-16)15-5-3-2-4-6-15/h2-13,18-19H,1H3. The van der Waals surface area contributed by atoms with Gasteiger partial charge >= 0.3 is 0 Å². The molecule has 1 unspecified atom stereocenters. The van der Waals surface area contributed by atoms with E-state index in [1.165, 1.54) is 6.26 Å². The van der Waals surface area contributed by atoms with Crippen molar-refractivity contribution >= 4 is 10.0 Å². The van der Waals surface area contributed by atoms with Gasteiger partial charge < -0.3 is 4.42 Å². The topological polar surface area (TPSA) is 59.3 Å². The van der Waals surface area contributed by atoms with E-state index >= 15 is 0 Å². The highest BCUT2D eigenvalue weighted by Gasteiger charge is 2.23. The Kier molecular flexibility index (Phi) is 4.32. The zero-order valence-corrected chi connectivity index (χ0v) is 13.5. The molecule has 2 aromatic carbocycles. The molecular formula is C18H17NO3S. The third-order valence-corrected chi connectivity index (χ3v) is 5.05. The summed E-state index contributed by atoms with van der Waals surface area (Å²) >= 11 is 0. The molecule has 1 atom stereocenters. The van der Waals surface area contributed by atoms with Crippen LogP contribution >= 0.6 is 0 Å². The highest BCUT2D eigenvalue weighted by atomic mass is 32.2. The van der Waals surface area contributed by atoms with E-state index in [1.54, 1.807) is 36.6 Å². The molecule has 0 bridgehead atoms.